The Bertz CT molecular complexity index is 942. The van der Waals surface area contributed by atoms with E-state index in [1.54, 1.807) is 7.05 Å². The molecule has 0 radical (unpaired) electrons. The fourth-order valence-electron chi connectivity index (χ4n) is 5.24. The van der Waals surface area contributed by atoms with E-state index in [-0.39, 0.29) is 22.3 Å². The van der Waals surface area contributed by atoms with Crippen LogP contribution in [0.3, 0.4) is 0 Å². The molecule has 1 aliphatic heterocycles. The van der Waals surface area contributed by atoms with Crippen molar-refractivity contribution in [3.8, 4) is 0 Å². The number of fused-ring (bicyclic) bond motifs is 3. The summed E-state index contributed by atoms with van der Waals surface area (Å²) in [6.07, 6.45) is 4.83. The maximum absolute atomic E-state index is 13.3. The van der Waals surface area contributed by atoms with Crippen LogP contribution >= 0.6 is 11.3 Å². The summed E-state index contributed by atoms with van der Waals surface area (Å²) in [6, 6.07) is 0.307. The van der Waals surface area contributed by atoms with E-state index in [0.717, 1.165) is 31.4 Å². The van der Waals surface area contributed by atoms with Crippen LogP contribution in [0.1, 0.15) is 55.3 Å². The van der Waals surface area contributed by atoms with E-state index in [1.165, 1.54) is 22.2 Å². The number of carbonyl (C=O) groups is 1. The maximum Gasteiger partial charge on any atom is 0.264 e. The van der Waals surface area contributed by atoms with Crippen molar-refractivity contribution in [3.63, 3.8) is 0 Å². The topological polar surface area (TPSA) is 55.2 Å². The van der Waals surface area contributed by atoms with Crippen molar-refractivity contribution in [2.24, 2.45) is 17.9 Å². The van der Waals surface area contributed by atoms with Gasteiger partial charge in [0, 0.05) is 19.6 Å². The van der Waals surface area contributed by atoms with Crippen LogP contribution in [0.25, 0.3) is 10.2 Å². The van der Waals surface area contributed by atoms with Crippen LogP contribution in [0.4, 0.5) is 0 Å². The van der Waals surface area contributed by atoms with Crippen molar-refractivity contribution in [3.05, 3.63) is 27.1 Å². The Morgan fingerprint density at radius 1 is 1.32 bits per heavy atom. The largest absolute Gasteiger partial charge is 0.334 e. The number of carbonyl (C=O) groups excluding carboxylic acids is 1. The highest BCUT2D eigenvalue weighted by atomic mass is 32.1. The number of nitrogens with zero attached hydrogens (tertiary/aromatic N) is 3. The van der Waals surface area contributed by atoms with Crippen molar-refractivity contribution >= 4 is 27.5 Å². The van der Waals surface area contributed by atoms with Crippen LogP contribution in [-0.2, 0) is 7.05 Å². The molecule has 25 heavy (non-hydrogen) atoms. The van der Waals surface area contributed by atoms with Crippen molar-refractivity contribution < 1.29 is 4.79 Å². The van der Waals surface area contributed by atoms with Crippen molar-refractivity contribution in [2.45, 2.75) is 53.0 Å². The van der Waals surface area contributed by atoms with E-state index in [9.17, 15) is 9.59 Å². The van der Waals surface area contributed by atoms with Gasteiger partial charge in [-0.25, -0.2) is 4.98 Å². The Kier molecular flexibility index (Phi) is 3.46. The first-order valence-corrected chi connectivity index (χ1v) is 9.68. The molecule has 3 heterocycles. The summed E-state index contributed by atoms with van der Waals surface area (Å²) in [5, 5.41) is 0.590. The molecular weight excluding hydrogens is 334 g/mol. The summed E-state index contributed by atoms with van der Waals surface area (Å²) < 4.78 is 1.47. The van der Waals surface area contributed by atoms with Gasteiger partial charge in [0.1, 0.15) is 4.83 Å². The molecule has 2 unspecified atom stereocenters. The zero-order chi connectivity index (χ0) is 18.1. The highest BCUT2D eigenvalue weighted by molar-refractivity contribution is 7.20. The van der Waals surface area contributed by atoms with Gasteiger partial charge in [-0.15, -0.1) is 11.3 Å². The molecule has 2 fully saturated rings. The van der Waals surface area contributed by atoms with Gasteiger partial charge in [-0.2, -0.15) is 0 Å². The normalized spacial score (nSPS) is 27.9. The highest BCUT2D eigenvalue weighted by Crippen LogP contribution is 2.53. The standard InChI is InChI=1S/C19H25N3O2S/c1-11-13-15(20-10-21(5)16(13)23)25-14(11)17(24)22-9-19(4)7-12(22)6-18(2,3)8-19/h10,12H,6-9H2,1-5H3. The molecule has 1 aliphatic carbocycles. The number of hydrogen-bond donors (Lipinski definition) is 0. The van der Waals surface area contributed by atoms with Gasteiger partial charge < -0.3 is 9.47 Å². The predicted octanol–water partition coefficient (Wildman–Crippen LogP) is 3.34. The fraction of sp³-hybridized carbons (Fsp3) is 0.632. The van der Waals surface area contributed by atoms with E-state index in [4.69, 9.17) is 0 Å². The van der Waals surface area contributed by atoms with Crippen LogP contribution in [0.15, 0.2) is 11.1 Å². The molecule has 2 atom stereocenters. The average Bonchev–Trinajstić information content (AvgIpc) is 2.96. The third-order valence-corrected chi connectivity index (χ3v) is 7.07. The third-order valence-electron chi connectivity index (χ3n) is 5.88. The lowest BCUT2D eigenvalue weighted by molar-refractivity contribution is 0.0712. The Morgan fingerprint density at radius 2 is 2.04 bits per heavy atom. The Labute approximate surface area is 151 Å². The highest BCUT2D eigenvalue weighted by Gasteiger charge is 2.51. The molecule has 2 aliphatic rings. The molecule has 0 spiro atoms. The van der Waals surface area contributed by atoms with Gasteiger partial charge in [0.05, 0.1) is 16.6 Å². The number of aryl methyl sites for hydroxylation is 2. The maximum atomic E-state index is 13.3. The molecule has 2 bridgehead atoms. The van der Waals surface area contributed by atoms with Crippen LogP contribution in [-0.4, -0.2) is 32.9 Å². The summed E-state index contributed by atoms with van der Waals surface area (Å²) in [6.45, 7) is 9.62. The first-order chi connectivity index (χ1) is 11.6. The lowest BCUT2D eigenvalue weighted by atomic mass is 9.65. The number of rotatable bonds is 1. The zero-order valence-corrected chi connectivity index (χ0v) is 16.4. The Morgan fingerprint density at radius 3 is 2.76 bits per heavy atom. The lowest BCUT2D eigenvalue weighted by Gasteiger charge is -2.39. The summed E-state index contributed by atoms with van der Waals surface area (Å²) in [4.78, 5) is 33.5. The number of hydrogen-bond acceptors (Lipinski definition) is 4. The van der Waals surface area contributed by atoms with Crippen LogP contribution in [0.2, 0.25) is 0 Å². The number of aromatic nitrogens is 2. The fourth-order valence-corrected chi connectivity index (χ4v) is 6.34. The molecule has 1 saturated heterocycles. The molecule has 1 amide bonds. The summed E-state index contributed by atoms with van der Waals surface area (Å²) >= 11 is 1.36. The summed E-state index contributed by atoms with van der Waals surface area (Å²) in [5.74, 6) is 0.0778. The second kappa shape index (κ2) is 5.16. The molecule has 134 valence electrons. The molecular formula is C19H25N3O2S. The van der Waals surface area contributed by atoms with Crippen LogP contribution < -0.4 is 5.56 Å². The van der Waals surface area contributed by atoms with Crippen molar-refractivity contribution in [2.75, 3.05) is 6.54 Å². The van der Waals surface area contributed by atoms with Gasteiger partial charge in [0.2, 0.25) is 0 Å². The zero-order valence-electron chi connectivity index (χ0n) is 15.5. The minimum Gasteiger partial charge on any atom is -0.334 e. The lowest BCUT2D eigenvalue weighted by Crippen LogP contribution is -2.37. The number of thiophene rings is 1. The number of likely N-dealkylation sites (tertiary alicyclic amines) is 1. The second-order valence-corrected chi connectivity index (χ2v) is 10.0. The molecule has 0 N–H and O–H groups in total. The molecule has 0 aromatic carbocycles. The Balaban J connectivity index is 1.75. The smallest absolute Gasteiger partial charge is 0.264 e. The SMILES string of the molecule is Cc1c(C(=O)N2CC3(C)CC2CC(C)(C)C3)sc2ncn(C)c(=O)c12. The first kappa shape index (κ1) is 16.8. The van der Waals surface area contributed by atoms with E-state index >= 15 is 0 Å². The van der Waals surface area contributed by atoms with Crippen LogP contribution in [0.5, 0.6) is 0 Å². The van der Waals surface area contributed by atoms with Crippen molar-refractivity contribution in [1.82, 2.24) is 14.5 Å². The van der Waals surface area contributed by atoms with E-state index < -0.39 is 0 Å². The monoisotopic (exact) mass is 359 g/mol. The summed E-state index contributed by atoms with van der Waals surface area (Å²) in [5.41, 5.74) is 1.19. The minimum absolute atomic E-state index is 0.0777. The minimum atomic E-state index is -0.0777. The van der Waals surface area contributed by atoms with E-state index in [2.05, 4.69) is 30.7 Å². The summed E-state index contributed by atoms with van der Waals surface area (Å²) in [7, 11) is 1.69. The quantitative estimate of drug-likeness (QED) is 0.785. The third kappa shape index (κ3) is 2.53. The average molecular weight is 359 g/mol. The predicted molar refractivity (Wildman–Crippen MR) is 100 cm³/mol. The molecule has 4 rings (SSSR count). The van der Waals surface area contributed by atoms with Gasteiger partial charge in [-0.05, 0) is 42.6 Å². The molecule has 2 aromatic heterocycles. The van der Waals surface area contributed by atoms with E-state index in [0.29, 0.717) is 21.1 Å². The number of amides is 1. The second-order valence-electron chi connectivity index (χ2n) is 9.04. The van der Waals surface area contributed by atoms with Gasteiger partial charge in [0.15, 0.2) is 0 Å². The molecule has 2 aromatic rings. The van der Waals surface area contributed by atoms with E-state index in [1.807, 2.05) is 6.92 Å². The van der Waals surface area contributed by atoms with Gasteiger partial charge in [-0.1, -0.05) is 20.8 Å². The van der Waals surface area contributed by atoms with Gasteiger partial charge in [0.25, 0.3) is 11.5 Å². The van der Waals surface area contributed by atoms with Crippen molar-refractivity contribution in [1.29, 1.82) is 0 Å². The molecule has 5 nitrogen and oxygen atoms in total. The van der Waals surface area contributed by atoms with Crippen LogP contribution in [0, 0.1) is 17.8 Å². The van der Waals surface area contributed by atoms with Gasteiger partial charge >= 0.3 is 0 Å². The Hall–Kier alpha value is -1.69. The van der Waals surface area contributed by atoms with Gasteiger partial charge in [-0.3, -0.25) is 9.59 Å². The molecule has 1 saturated carbocycles. The first-order valence-electron chi connectivity index (χ1n) is 8.86. The molecule has 6 heteroatoms.